The van der Waals surface area contributed by atoms with E-state index in [1.165, 1.54) is 50.0 Å². The summed E-state index contributed by atoms with van der Waals surface area (Å²) in [6.07, 6.45) is 4.16. The zero-order valence-electron chi connectivity index (χ0n) is 14.8. The Morgan fingerprint density at radius 1 is 0.680 bits per heavy atom. The summed E-state index contributed by atoms with van der Waals surface area (Å²) in [7, 11) is 0. The number of hydrogen-bond acceptors (Lipinski definition) is 2. The van der Waals surface area contributed by atoms with Crippen LogP contribution in [-0.2, 0) is 13.1 Å². The van der Waals surface area contributed by atoms with Crippen LogP contribution in [0.4, 0.5) is 0 Å². The second-order valence-electron chi connectivity index (χ2n) is 6.58. The molecule has 1 aliphatic rings. The molecular formula is C21H30Cl2N2. The Balaban J connectivity index is 0.00000156. The molecule has 0 atom stereocenters. The molecule has 0 aliphatic carbocycles. The lowest BCUT2D eigenvalue weighted by molar-refractivity contribution is 0.173. The number of benzene rings is 2. The average molecular weight is 381 g/mol. The van der Waals surface area contributed by atoms with Crippen molar-refractivity contribution in [2.75, 3.05) is 26.2 Å². The van der Waals surface area contributed by atoms with Crippen molar-refractivity contribution in [1.29, 1.82) is 0 Å². The van der Waals surface area contributed by atoms with Gasteiger partial charge in [-0.3, -0.25) is 4.90 Å². The molecule has 4 heteroatoms. The fraction of sp³-hybridized carbons (Fsp3) is 0.429. The smallest absolute Gasteiger partial charge is 0.0237 e. The summed E-state index contributed by atoms with van der Waals surface area (Å²) in [5, 5.41) is 0. The third-order valence-corrected chi connectivity index (χ3v) is 4.68. The summed E-state index contributed by atoms with van der Waals surface area (Å²) >= 11 is 0. The third kappa shape index (κ3) is 7.79. The molecule has 2 aromatic carbocycles. The van der Waals surface area contributed by atoms with Crippen molar-refractivity contribution in [2.24, 2.45) is 0 Å². The molecule has 0 aromatic heterocycles. The van der Waals surface area contributed by atoms with Gasteiger partial charge < -0.3 is 4.90 Å². The van der Waals surface area contributed by atoms with Gasteiger partial charge in [0.25, 0.3) is 0 Å². The number of rotatable bonds is 7. The SMILES string of the molecule is Cl.Cl.c1ccc(CN(CCN2CCCCC2)Cc2ccccc2)cc1. The van der Waals surface area contributed by atoms with E-state index in [-0.39, 0.29) is 24.8 Å². The maximum Gasteiger partial charge on any atom is 0.0237 e. The van der Waals surface area contributed by atoms with Crippen LogP contribution in [-0.4, -0.2) is 36.0 Å². The third-order valence-electron chi connectivity index (χ3n) is 4.68. The van der Waals surface area contributed by atoms with E-state index >= 15 is 0 Å². The van der Waals surface area contributed by atoms with Gasteiger partial charge in [-0.05, 0) is 37.1 Å². The van der Waals surface area contributed by atoms with Gasteiger partial charge in [0, 0.05) is 26.2 Å². The minimum atomic E-state index is 0. The molecule has 2 aromatic rings. The zero-order chi connectivity index (χ0) is 15.7. The monoisotopic (exact) mass is 380 g/mol. The first-order valence-electron chi connectivity index (χ1n) is 8.93. The van der Waals surface area contributed by atoms with Crippen molar-refractivity contribution < 1.29 is 0 Å². The van der Waals surface area contributed by atoms with Crippen molar-refractivity contribution in [3.05, 3.63) is 71.8 Å². The highest BCUT2D eigenvalue weighted by Crippen LogP contribution is 2.12. The molecule has 1 fully saturated rings. The largest absolute Gasteiger partial charge is 0.302 e. The summed E-state index contributed by atoms with van der Waals surface area (Å²) in [5.74, 6) is 0. The standard InChI is InChI=1S/C21H28N2.2ClH/c1-4-10-20(11-5-1)18-23(19-21-12-6-2-7-13-21)17-16-22-14-8-3-9-15-22;;/h1-2,4-7,10-13H,3,8-9,14-19H2;2*1H. The van der Waals surface area contributed by atoms with E-state index in [0.29, 0.717) is 0 Å². The Labute approximate surface area is 165 Å². The van der Waals surface area contributed by atoms with Crippen LogP contribution < -0.4 is 0 Å². The van der Waals surface area contributed by atoms with Crippen LogP contribution in [0.1, 0.15) is 30.4 Å². The van der Waals surface area contributed by atoms with Crippen molar-refractivity contribution in [2.45, 2.75) is 32.4 Å². The molecule has 0 spiro atoms. The predicted octanol–water partition coefficient (Wildman–Crippen LogP) is 5.02. The lowest BCUT2D eigenvalue weighted by atomic mass is 10.1. The van der Waals surface area contributed by atoms with Gasteiger partial charge >= 0.3 is 0 Å². The summed E-state index contributed by atoms with van der Waals surface area (Å²) in [6.45, 7) is 6.96. The molecule has 138 valence electrons. The van der Waals surface area contributed by atoms with Gasteiger partial charge in [0.15, 0.2) is 0 Å². The highest BCUT2D eigenvalue weighted by atomic mass is 35.5. The van der Waals surface area contributed by atoms with Gasteiger partial charge in [0.05, 0.1) is 0 Å². The van der Waals surface area contributed by atoms with E-state index in [4.69, 9.17) is 0 Å². The summed E-state index contributed by atoms with van der Waals surface area (Å²) in [4.78, 5) is 5.21. The van der Waals surface area contributed by atoms with Crippen LogP contribution in [0.3, 0.4) is 0 Å². The molecule has 25 heavy (non-hydrogen) atoms. The molecule has 0 amide bonds. The van der Waals surface area contributed by atoms with Crippen LogP contribution in [0.15, 0.2) is 60.7 Å². The summed E-state index contributed by atoms with van der Waals surface area (Å²) in [5.41, 5.74) is 2.81. The second-order valence-corrected chi connectivity index (χ2v) is 6.58. The Bertz CT molecular complexity index is 515. The summed E-state index contributed by atoms with van der Waals surface area (Å²) < 4.78 is 0. The molecule has 0 radical (unpaired) electrons. The topological polar surface area (TPSA) is 6.48 Å². The van der Waals surface area contributed by atoms with E-state index in [9.17, 15) is 0 Å². The van der Waals surface area contributed by atoms with Crippen molar-refractivity contribution >= 4 is 24.8 Å². The van der Waals surface area contributed by atoms with E-state index in [2.05, 4.69) is 70.5 Å². The second kappa shape index (κ2) is 12.3. The summed E-state index contributed by atoms with van der Waals surface area (Å²) in [6, 6.07) is 21.7. The first kappa shape index (κ1) is 22.0. The molecule has 1 aliphatic heterocycles. The number of nitrogens with zero attached hydrogens (tertiary/aromatic N) is 2. The number of halogens is 2. The number of piperidine rings is 1. The highest BCUT2D eigenvalue weighted by molar-refractivity contribution is 5.85. The molecular weight excluding hydrogens is 351 g/mol. The Morgan fingerprint density at radius 2 is 1.16 bits per heavy atom. The molecule has 1 heterocycles. The van der Waals surface area contributed by atoms with E-state index < -0.39 is 0 Å². The lowest BCUT2D eigenvalue weighted by Crippen LogP contribution is -2.37. The molecule has 0 saturated carbocycles. The maximum atomic E-state index is 2.63. The van der Waals surface area contributed by atoms with Crippen molar-refractivity contribution in [3.8, 4) is 0 Å². The van der Waals surface area contributed by atoms with E-state index in [0.717, 1.165) is 19.6 Å². The van der Waals surface area contributed by atoms with E-state index in [1.54, 1.807) is 0 Å². The van der Waals surface area contributed by atoms with Crippen LogP contribution in [0, 0.1) is 0 Å². The van der Waals surface area contributed by atoms with Crippen LogP contribution >= 0.6 is 24.8 Å². The molecule has 0 unspecified atom stereocenters. The van der Waals surface area contributed by atoms with Gasteiger partial charge in [-0.15, -0.1) is 24.8 Å². The molecule has 3 rings (SSSR count). The van der Waals surface area contributed by atoms with E-state index in [1.807, 2.05) is 0 Å². The zero-order valence-corrected chi connectivity index (χ0v) is 16.5. The van der Waals surface area contributed by atoms with Gasteiger partial charge in [0.1, 0.15) is 0 Å². The van der Waals surface area contributed by atoms with Gasteiger partial charge in [0.2, 0.25) is 0 Å². The molecule has 0 bridgehead atoms. The molecule has 1 saturated heterocycles. The fourth-order valence-corrected chi connectivity index (χ4v) is 3.36. The first-order valence-corrected chi connectivity index (χ1v) is 8.93. The minimum absolute atomic E-state index is 0. The van der Waals surface area contributed by atoms with Crippen molar-refractivity contribution in [3.63, 3.8) is 0 Å². The predicted molar refractivity (Wildman–Crippen MR) is 112 cm³/mol. The van der Waals surface area contributed by atoms with Gasteiger partial charge in [-0.2, -0.15) is 0 Å². The van der Waals surface area contributed by atoms with Crippen molar-refractivity contribution in [1.82, 2.24) is 9.80 Å². The first-order chi connectivity index (χ1) is 11.4. The molecule has 0 N–H and O–H groups in total. The fourth-order valence-electron chi connectivity index (χ4n) is 3.36. The number of hydrogen-bond donors (Lipinski definition) is 0. The van der Waals surface area contributed by atoms with Crippen LogP contribution in [0.2, 0.25) is 0 Å². The lowest BCUT2D eigenvalue weighted by Gasteiger charge is -2.30. The Morgan fingerprint density at radius 3 is 1.64 bits per heavy atom. The minimum Gasteiger partial charge on any atom is -0.302 e. The highest BCUT2D eigenvalue weighted by Gasteiger charge is 2.13. The maximum absolute atomic E-state index is 2.63. The normalized spacial score (nSPS) is 14.6. The number of likely N-dealkylation sites (tertiary alicyclic amines) is 1. The van der Waals surface area contributed by atoms with Crippen LogP contribution in [0.5, 0.6) is 0 Å². The van der Waals surface area contributed by atoms with Crippen LogP contribution in [0.25, 0.3) is 0 Å². The average Bonchev–Trinajstić information content (AvgIpc) is 2.62. The Kier molecular flexibility index (Phi) is 10.8. The Hall–Kier alpha value is -1.06. The molecule has 2 nitrogen and oxygen atoms in total. The van der Waals surface area contributed by atoms with Gasteiger partial charge in [-0.25, -0.2) is 0 Å². The quantitative estimate of drug-likeness (QED) is 0.665. The van der Waals surface area contributed by atoms with Gasteiger partial charge in [-0.1, -0.05) is 67.1 Å².